The predicted octanol–water partition coefficient (Wildman–Crippen LogP) is 2.42. The zero-order valence-corrected chi connectivity index (χ0v) is 14.6. The monoisotopic (exact) mass is 332 g/mol. The molecule has 0 aliphatic heterocycles. The molecule has 1 saturated carbocycles. The van der Waals surface area contributed by atoms with Gasteiger partial charge in [0.05, 0.1) is 0 Å². The van der Waals surface area contributed by atoms with Gasteiger partial charge in [0.15, 0.2) is 0 Å². The molecule has 0 unspecified atom stereocenters. The summed E-state index contributed by atoms with van der Waals surface area (Å²) in [4.78, 5) is 24.5. The lowest BCUT2D eigenvalue weighted by Gasteiger charge is -2.27. The van der Waals surface area contributed by atoms with Crippen LogP contribution in [0, 0.1) is 5.92 Å². The maximum absolute atomic E-state index is 12.3. The second-order valence-corrected chi connectivity index (χ2v) is 6.49. The number of benzene rings is 1. The van der Waals surface area contributed by atoms with Crippen molar-refractivity contribution in [2.24, 2.45) is 5.92 Å². The van der Waals surface area contributed by atoms with Gasteiger partial charge in [0, 0.05) is 18.3 Å². The van der Waals surface area contributed by atoms with Crippen LogP contribution in [0.25, 0.3) is 0 Å². The number of hydrogen-bond acceptors (Lipinski definition) is 3. The number of carbonyl (C=O) groups is 2. The number of aryl methyl sites for hydroxylation is 2. The summed E-state index contributed by atoms with van der Waals surface area (Å²) in [6.45, 7) is 4.27. The Kier molecular flexibility index (Phi) is 6.79. The van der Waals surface area contributed by atoms with Crippen molar-refractivity contribution in [1.82, 2.24) is 5.32 Å². The van der Waals surface area contributed by atoms with E-state index < -0.39 is 11.8 Å². The van der Waals surface area contributed by atoms with Crippen LogP contribution in [-0.2, 0) is 22.4 Å². The average Bonchev–Trinajstić information content (AvgIpc) is 2.62. The fraction of sp³-hybridized carbons (Fsp3) is 0.579. The first-order valence-corrected chi connectivity index (χ1v) is 8.92. The molecule has 1 aromatic carbocycles. The first-order valence-electron chi connectivity index (χ1n) is 8.92. The molecule has 2 amide bonds. The van der Waals surface area contributed by atoms with Crippen LogP contribution in [-0.4, -0.2) is 29.6 Å². The van der Waals surface area contributed by atoms with Crippen molar-refractivity contribution < 1.29 is 14.7 Å². The zero-order chi connectivity index (χ0) is 17.5. The van der Waals surface area contributed by atoms with Crippen molar-refractivity contribution in [2.75, 3.05) is 11.9 Å². The number of anilines is 1. The maximum atomic E-state index is 12.3. The number of amides is 2. The minimum absolute atomic E-state index is 0.0260. The number of rotatable bonds is 5. The van der Waals surface area contributed by atoms with Gasteiger partial charge in [0.25, 0.3) is 0 Å². The van der Waals surface area contributed by atoms with E-state index in [0.717, 1.165) is 55.3 Å². The Morgan fingerprint density at radius 1 is 1.04 bits per heavy atom. The van der Waals surface area contributed by atoms with Crippen molar-refractivity contribution in [3.8, 4) is 0 Å². The van der Waals surface area contributed by atoms with Crippen molar-refractivity contribution in [3.05, 3.63) is 29.3 Å². The molecule has 3 N–H and O–H groups in total. The van der Waals surface area contributed by atoms with Crippen LogP contribution in [0.15, 0.2) is 18.2 Å². The van der Waals surface area contributed by atoms with Gasteiger partial charge in [-0.05, 0) is 55.6 Å². The number of carbonyl (C=O) groups excluding carboxylic acids is 2. The summed E-state index contributed by atoms with van der Waals surface area (Å²) in [6, 6.07) is 5.96. The Balaban J connectivity index is 1.96. The largest absolute Gasteiger partial charge is 0.396 e. The van der Waals surface area contributed by atoms with E-state index in [1.54, 1.807) is 0 Å². The summed E-state index contributed by atoms with van der Waals surface area (Å²) in [6.07, 6.45) is 5.02. The lowest BCUT2D eigenvalue weighted by atomic mass is 9.86. The summed E-state index contributed by atoms with van der Waals surface area (Å²) in [5.41, 5.74) is 2.85. The van der Waals surface area contributed by atoms with Gasteiger partial charge in [0.1, 0.15) is 0 Å². The van der Waals surface area contributed by atoms with Gasteiger partial charge in [-0.2, -0.15) is 0 Å². The fourth-order valence-corrected chi connectivity index (χ4v) is 3.31. The van der Waals surface area contributed by atoms with E-state index in [0.29, 0.717) is 5.92 Å². The zero-order valence-electron chi connectivity index (χ0n) is 14.6. The predicted molar refractivity (Wildman–Crippen MR) is 94.8 cm³/mol. The van der Waals surface area contributed by atoms with Crippen LogP contribution in [0.4, 0.5) is 5.69 Å². The molecule has 0 spiro atoms. The van der Waals surface area contributed by atoms with Gasteiger partial charge in [-0.3, -0.25) is 9.59 Å². The number of para-hydroxylation sites is 1. The van der Waals surface area contributed by atoms with Crippen LogP contribution in [0.5, 0.6) is 0 Å². The first kappa shape index (κ1) is 18.5. The molecule has 0 saturated heterocycles. The van der Waals surface area contributed by atoms with Gasteiger partial charge in [-0.15, -0.1) is 0 Å². The average molecular weight is 332 g/mol. The molecule has 1 fully saturated rings. The number of hydrogen-bond donors (Lipinski definition) is 3. The third-order valence-corrected chi connectivity index (χ3v) is 4.88. The first-order chi connectivity index (χ1) is 11.6. The Hall–Kier alpha value is -1.88. The third-order valence-electron chi connectivity index (χ3n) is 4.88. The van der Waals surface area contributed by atoms with Crippen LogP contribution in [0.1, 0.15) is 50.7 Å². The molecule has 0 aromatic heterocycles. The van der Waals surface area contributed by atoms with E-state index in [2.05, 4.69) is 10.6 Å². The molecule has 0 bridgehead atoms. The second kappa shape index (κ2) is 8.83. The minimum atomic E-state index is -0.602. The molecule has 1 aliphatic carbocycles. The second-order valence-electron chi connectivity index (χ2n) is 6.49. The molecule has 1 aromatic rings. The normalized spacial score (nSPS) is 20.5. The van der Waals surface area contributed by atoms with Gasteiger partial charge < -0.3 is 15.7 Å². The van der Waals surface area contributed by atoms with Crippen LogP contribution in [0.2, 0.25) is 0 Å². The number of aliphatic hydroxyl groups is 1. The Labute approximate surface area is 143 Å². The summed E-state index contributed by atoms with van der Waals surface area (Å²) in [5.74, 6) is -0.846. The van der Waals surface area contributed by atoms with E-state index in [1.807, 2.05) is 32.0 Å². The smallest absolute Gasteiger partial charge is 0.313 e. The third kappa shape index (κ3) is 4.57. The summed E-state index contributed by atoms with van der Waals surface area (Å²) >= 11 is 0. The highest BCUT2D eigenvalue weighted by atomic mass is 16.3. The highest BCUT2D eigenvalue weighted by Crippen LogP contribution is 2.24. The van der Waals surface area contributed by atoms with Gasteiger partial charge in [-0.1, -0.05) is 32.0 Å². The van der Waals surface area contributed by atoms with Gasteiger partial charge in [-0.25, -0.2) is 0 Å². The van der Waals surface area contributed by atoms with Crippen LogP contribution in [0.3, 0.4) is 0 Å². The minimum Gasteiger partial charge on any atom is -0.396 e. The van der Waals surface area contributed by atoms with Crippen LogP contribution < -0.4 is 10.6 Å². The molecule has 132 valence electrons. The van der Waals surface area contributed by atoms with E-state index in [-0.39, 0.29) is 12.6 Å². The highest BCUT2D eigenvalue weighted by molar-refractivity contribution is 6.39. The van der Waals surface area contributed by atoms with E-state index in [4.69, 9.17) is 5.11 Å². The van der Waals surface area contributed by atoms with Gasteiger partial charge >= 0.3 is 11.8 Å². The van der Waals surface area contributed by atoms with Crippen molar-refractivity contribution >= 4 is 17.5 Å². The fourth-order valence-electron chi connectivity index (χ4n) is 3.31. The molecule has 0 radical (unpaired) electrons. The Morgan fingerprint density at radius 2 is 1.62 bits per heavy atom. The molecule has 5 heteroatoms. The SMILES string of the molecule is CCc1cccc(CC)c1NC(=O)C(=O)NC1CCC(CO)CC1. The Bertz CT molecular complexity index is 556. The van der Waals surface area contributed by atoms with Gasteiger partial charge in [0.2, 0.25) is 0 Å². The Morgan fingerprint density at radius 3 is 2.12 bits per heavy atom. The standard InChI is InChI=1S/C19H28N2O3/c1-3-14-6-5-7-15(4-2)17(14)21-19(24)18(23)20-16-10-8-13(12-22)9-11-16/h5-7,13,16,22H,3-4,8-12H2,1-2H3,(H,20,23)(H,21,24). The molecule has 5 nitrogen and oxygen atoms in total. The highest BCUT2D eigenvalue weighted by Gasteiger charge is 2.24. The van der Waals surface area contributed by atoms with Crippen molar-refractivity contribution in [2.45, 2.75) is 58.4 Å². The summed E-state index contributed by atoms with van der Waals surface area (Å²) in [7, 11) is 0. The summed E-state index contributed by atoms with van der Waals surface area (Å²) < 4.78 is 0. The van der Waals surface area contributed by atoms with Crippen LogP contribution >= 0.6 is 0 Å². The van der Waals surface area contributed by atoms with Crippen molar-refractivity contribution in [3.63, 3.8) is 0 Å². The topological polar surface area (TPSA) is 78.4 Å². The van der Waals surface area contributed by atoms with E-state index >= 15 is 0 Å². The molecule has 1 aliphatic rings. The van der Waals surface area contributed by atoms with E-state index in [1.165, 1.54) is 0 Å². The molecule has 2 rings (SSSR count). The number of nitrogens with one attached hydrogen (secondary N) is 2. The molecule has 0 heterocycles. The van der Waals surface area contributed by atoms with Crippen molar-refractivity contribution in [1.29, 1.82) is 0 Å². The maximum Gasteiger partial charge on any atom is 0.313 e. The molecule has 24 heavy (non-hydrogen) atoms. The molecule has 0 atom stereocenters. The molecular weight excluding hydrogens is 304 g/mol. The quantitative estimate of drug-likeness (QED) is 0.725. The lowest BCUT2D eigenvalue weighted by molar-refractivity contribution is -0.136. The molecular formula is C19H28N2O3. The number of aliphatic hydroxyl groups excluding tert-OH is 1. The lowest BCUT2D eigenvalue weighted by Crippen LogP contribution is -2.43. The summed E-state index contributed by atoms with van der Waals surface area (Å²) in [5, 5.41) is 14.8. The van der Waals surface area contributed by atoms with E-state index in [9.17, 15) is 9.59 Å².